The lowest BCUT2D eigenvalue weighted by atomic mass is 10.3. The van der Waals surface area contributed by atoms with Gasteiger partial charge < -0.3 is 9.79 Å². The van der Waals surface area contributed by atoms with Crippen LogP contribution in [0.1, 0.15) is 0 Å². The second kappa shape index (κ2) is 5.50. The molecule has 1 aromatic rings. The molecule has 1 aromatic carbocycles. The lowest BCUT2D eigenvalue weighted by Gasteiger charge is -2.01. The van der Waals surface area contributed by atoms with Crippen LogP contribution in [0.15, 0.2) is 24.3 Å². The molecule has 0 saturated heterocycles. The summed E-state index contributed by atoms with van der Waals surface area (Å²) in [5.41, 5.74) is -0.333. The third kappa shape index (κ3) is 4.11. The van der Waals surface area contributed by atoms with Gasteiger partial charge in [0.15, 0.2) is 0 Å². The van der Waals surface area contributed by atoms with Crippen molar-refractivity contribution in [2.75, 3.05) is 0 Å². The summed E-state index contributed by atoms with van der Waals surface area (Å²) in [6, 6.07) is 4.40. The van der Waals surface area contributed by atoms with Crippen molar-refractivity contribution < 1.29 is 28.7 Å². The molecule has 0 heterocycles. The maximum absolute atomic E-state index is 10.7. The van der Waals surface area contributed by atoms with Crippen LogP contribution in [0.5, 0.6) is 0 Å². The van der Waals surface area contributed by atoms with Gasteiger partial charge in [-0.15, -0.1) is 0 Å². The molecule has 6 nitrogen and oxygen atoms in total. The van der Waals surface area contributed by atoms with Gasteiger partial charge in [-0.1, -0.05) is 6.07 Å². The Balaban J connectivity index is 0. The number of non-ortho nitro benzene ring substituents is 1. The molecule has 0 aliphatic heterocycles. The third-order valence-electron chi connectivity index (χ3n) is 1.38. The first-order chi connectivity index (χ1) is 5.91. The van der Waals surface area contributed by atoms with E-state index in [9.17, 15) is 14.7 Å². The van der Waals surface area contributed by atoms with E-state index in [0.717, 1.165) is 12.1 Å². The summed E-state index contributed by atoms with van der Waals surface area (Å²) in [7, 11) is -4.39. The molecule has 0 fully saturated rings. The van der Waals surface area contributed by atoms with E-state index in [0.29, 0.717) is 0 Å². The number of hydrogen-bond acceptors (Lipinski definition) is 3. The van der Waals surface area contributed by atoms with Gasteiger partial charge in [0, 0.05) is 12.1 Å². The van der Waals surface area contributed by atoms with Crippen LogP contribution >= 0.6 is 7.60 Å². The molecule has 9 heteroatoms. The zero-order valence-corrected chi connectivity index (χ0v) is 8.03. The van der Waals surface area contributed by atoms with Crippen LogP contribution in [0.4, 0.5) is 15.1 Å². The van der Waals surface area contributed by atoms with Crippen LogP contribution in [0, 0.1) is 10.1 Å². The fourth-order valence-corrected chi connectivity index (χ4v) is 1.37. The quantitative estimate of drug-likeness (QED) is 0.452. The predicted octanol–water partition coefficient (Wildman–Crippen LogP) is 0.703. The van der Waals surface area contributed by atoms with Gasteiger partial charge in [0.2, 0.25) is 0 Å². The first-order valence-corrected chi connectivity index (χ1v) is 4.83. The maximum Gasteiger partial charge on any atom is 0.356 e. The minimum Gasteiger partial charge on any atom is -0.321 e. The van der Waals surface area contributed by atoms with E-state index in [4.69, 9.17) is 9.79 Å². The summed E-state index contributed by atoms with van der Waals surface area (Å²) in [5.74, 6) is 0. The standard InChI is InChI=1S/C6H6NO5P.2FH/c8-7(9)5-2-1-3-6(4-5)13(10,11)12;;/h1-4H,(H2,10,11,12);2*1H. The Morgan fingerprint density at radius 3 is 2.20 bits per heavy atom. The van der Waals surface area contributed by atoms with E-state index in [2.05, 4.69) is 0 Å². The molecule has 0 aromatic heterocycles. The fraction of sp³-hybridized carbons (Fsp3) is 0. The highest BCUT2D eigenvalue weighted by atomic mass is 31.2. The van der Waals surface area contributed by atoms with Gasteiger partial charge in [-0.3, -0.25) is 24.1 Å². The fourth-order valence-electron chi connectivity index (χ4n) is 0.788. The Labute approximate surface area is 82.6 Å². The van der Waals surface area contributed by atoms with E-state index < -0.39 is 12.5 Å². The van der Waals surface area contributed by atoms with E-state index in [1.807, 2.05) is 0 Å². The van der Waals surface area contributed by atoms with Crippen molar-refractivity contribution >= 4 is 18.6 Å². The molecule has 0 radical (unpaired) electrons. The van der Waals surface area contributed by atoms with Crippen molar-refractivity contribution in [1.82, 2.24) is 0 Å². The first kappa shape index (κ1) is 16.1. The summed E-state index contributed by atoms with van der Waals surface area (Å²) in [6.07, 6.45) is 0. The first-order valence-electron chi connectivity index (χ1n) is 3.22. The number of nitro groups is 1. The highest BCUT2D eigenvalue weighted by Crippen LogP contribution is 2.33. The maximum atomic E-state index is 10.7. The summed E-state index contributed by atoms with van der Waals surface area (Å²) in [4.78, 5) is 26.9. The molecule has 0 unspecified atom stereocenters. The van der Waals surface area contributed by atoms with Gasteiger partial charge in [0.1, 0.15) is 0 Å². The third-order valence-corrected chi connectivity index (χ3v) is 2.33. The van der Waals surface area contributed by atoms with Crippen molar-refractivity contribution in [3.63, 3.8) is 0 Å². The second-order valence-corrected chi connectivity index (χ2v) is 3.93. The Morgan fingerprint density at radius 1 is 1.27 bits per heavy atom. The molecule has 0 spiro atoms. The number of nitrogens with zero attached hydrogens (tertiary/aromatic N) is 1. The Morgan fingerprint density at radius 2 is 1.80 bits per heavy atom. The number of benzene rings is 1. The van der Waals surface area contributed by atoms with Gasteiger partial charge in [-0.2, -0.15) is 0 Å². The van der Waals surface area contributed by atoms with E-state index in [1.54, 1.807) is 0 Å². The minimum absolute atomic E-state index is 0. The average Bonchev–Trinajstić information content (AvgIpc) is 2.03. The lowest BCUT2D eigenvalue weighted by Crippen LogP contribution is -2.04. The predicted molar refractivity (Wildman–Crippen MR) is 49.8 cm³/mol. The Bertz CT molecular complexity index is 393. The van der Waals surface area contributed by atoms with Crippen LogP contribution in [0.2, 0.25) is 0 Å². The smallest absolute Gasteiger partial charge is 0.321 e. The van der Waals surface area contributed by atoms with Crippen molar-refractivity contribution in [1.29, 1.82) is 0 Å². The van der Waals surface area contributed by atoms with Gasteiger partial charge in [0.05, 0.1) is 10.2 Å². The minimum atomic E-state index is -4.39. The summed E-state index contributed by atoms with van der Waals surface area (Å²) >= 11 is 0. The average molecular weight is 243 g/mol. The molecule has 0 saturated carbocycles. The lowest BCUT2D eigenvalue weighted by molar-refractivity contribution is -0.384. The largest absolute Gasteiger partial charge is 0.356 e. The molecule has 2 N–H and O–H groups in total. The zero-order chi connectivity index (χ0) is 10.1. The molecule has 0 bridgehead atoms. The van der Waals surface area contributed by atoms with Crippen LogP contribution in [-0.4, -0.2) is 14.7 Å². The van der Waals surface area contributed by atoms with Crippen LogP contribution in [-0.2, 0) is 4.57 Å². The van der Waals surface area contributed by atoms with Crippen LogP contribution < -0.4 is 5.30 Å². The Hall–Kier alpha value is -1.37. The van der Waals surface area contributed by atoms with Crippen LogP contribution in [0.3, 0.4) is 0 Å². The van der Waals surface area contributed by atoms with Crippen LogP contribution in [0.25, 0.3) is 0 Å². The van der Waals surface area contributed by atoms with Gasteiger partial charge in [0.25, 0.3) is 5.69 Å². The van der Waals surface area contributed by atoms with Gasteiger partial charge >= 0.3 is 7.60 Å². The normalized spacial score (nSPS) is 9.73. The summed E-state index contributed by atoms with van der Waals surface area (Å²) in [5, 5.41) is 9.89. The molecule has 86 valence electrons. The SMILES string of the molecule is F.F.O=[N+]([O-])c1cccc(P(=O)(O)O)c1. The highest BCUT2D eigenvalue weighted by Gasteiger charge is 2.19. The number of hydrogen-bond donors (Lipinski definition) is 2. The van der Waals surface area contributed by atoms with Gasteiger partial charge in [-0.25, -0.2) is 0 Å². The monoisotopic (exact) mass is 243 g/mol. The Kier molecular flexibility index (Phi) is 5.89. The van der Waals surface area contributed by atoms with Crippen molar-refractivity contribution in [2.45, 2.75) is 0 Å². The van der Waals surface area contributed by atoms with E-state index in [1.165, 1.54) is 12.1 Å². The highest BCUT2D eigenvalue weighted by molar-refractivity contribution is 7.60. The number of nitro benzene ring substituents is 1. The van der Waals surface area contributed by atoms with Crippen molar-refractivity contribution in [3.05, 3.63) is 34.4 Å². The molecule has 0 atom stereocenters. The van der Waals surface area contributed by atoms with Crippen molar-refractivity contribution in [3.8, 4) is 0 Å². The number of rotatable bonds is 2. The van der Waals surface area contributed by atoms with Crippen molar-refractivity contribution in [2.24, 2.45) is 0 Å². The molecular formula is C6H8F2NO5P. The molecule has 0 aliphatic rings. The second-order valence-electron chi connectivity index (χ2n) is 2.32. The molecule has 0 amide bonds. The molecule has 1 rings (SSSR count). The van der Waals surface area contributed by atoms with E-state index in [-0.39, 0.29) is 20.4 Å². The zero-order valence-electron chi connectivity index (χ0n) is 7.14. The summed E-state index contributed by atoms with van der Waals surface area (Å²) in [6.45, 7) is 0. The van der Waals surface area contributed by atoms with E-state index >= 15 is 0 Å². The molecule has 0 aliphatic carbocycles. The molecular weight excluding hydrogens is 235 g/mol. The van der Waals surface area contributed by atoms with Gasteiger partial charge in [-0.05, 0) is 6.07 Å². The topological polar surface area (TPSA) is 101 Å². The molecule has 15 heavy (non-hydrogen) atoms. The number of halogens is 2. The summed E-state index contributed by atoms with van der Waals surface area (Å²) < 4.78 is 10.7.